The quantitative estimate of drug-likeness (QED) is 0.713. The molecule has 1 atom stereocenters. The van der Waals surface area contributed by atoms with Gasteiger partial charge in [-0.3, -0.25) is 0 Å². The third-order valence-electron chi connectivity index (χ3n) is 3.32. The van der Waals surface area contributed by atoms with Gasteiger partial charge in [-0.05, 0) is 24.3 Å². The number of ether oxygens (including phenoxy) is 2. The van der Waals surface area contributed by atoms with Gasteiger partial charge in [-0.1, -0.05) is 18.2 Å². The van der Waals surface area contributed by atoms with Crippen molar-refractivity contribution in [1.82, 2.24) is 4.98 Å². The summed E-state index contributed by atoms with van der Waals surface area (Å²) in [5, 5.41) is 2.44. The first-order valence-electron chi connectivity index (χ1n) is 6.15. The smallest absolute Gasteiger partial charge is 0.120 e. The van der Waals surface area contributed by atoms with Crippen molar-refractivity contribution in [2.24, 2.45) is 0 Å². The number of hydrogen-bond acceptors (Lipinski definition) is 2. The van der Waals surface area contributed by atoms with Gasteiger partial charge in [0.05, 0.1) is 6.61 Å². The van der Waals surface area contributed by atoms with Gasteiger partial charge >= 0.3 is 0 Å². The van der Waals surface area contributed by atoms with Crippen molar-refractivity contribution < 1.29 is 9.47 Å². The zero-order valence-corrected chi connectivity index (χ0v) is 9.85. The van der Waals surface area contributed by atoms with Crippen molar-refractivity contribution in [3.63, 3.8) is 0 Å². The lowest BCUT2D eigenvalue weighted by Gasteiger charge is -2.03. The van der Waals surface area contributed by atoms with Crippen LogP contribution in [0.3, 0.4) is 0 Å². The molecule has 4 rings (SSSR count). The van der Waals surface area contributed by atoms with E-state index in [9.17, 15) is 0 Å². The molecule has 1 aromatic heterocycles. The Balaban J connectivity index is 1.79. The number of fused-ring (bicyclic) bond motifs is 3. The molecule has 90 valence electrons. The normalized spacial score (nSPS) is 18.3. The number of aromatic nitrogens is 1. The standard InChI is InChI=1S/C15H13NO2/c1-2-4-14-12(3-1)13-7-10(5-6-15(13)16-14)17-8-11-9-18-11/h1-7,11,16H,8-9H2. The van der Waals surface area contributed by atoms with Crippen LogP contribution in [0.25, 0.3) is 21.8 Å². The summed E-state index contributed by atoms with van der Waals surface area (Å²) in [5.74, 6) is 0.905. The zero-order valence-electron chi connectivity index (χ0n) is 9.85. The molecule has 2 heterocycles. The number of hydrogen-bond donors (Lipinski definition) is 1. The van der Waals surface area contributed by atoms with Crippen molar-refractivity contribution >= 4 is 21.8 Å². The lowest BCUT2D eigenvalue weighted by molar-refractivity contribution is 0.263. The number of H-pyrrole nitrogens is 1. The van der Waals surface area contributed by atoms with Crippen LogP contribution in [0.2, 0.25) is 0 Å². The van der Waals surface area contributed by atoms with Crippen molar-refractivity contribution in [1.29, 1.82) is 0 Å². The SMILES string of the molecule is c1ccc2c(c1)[nH]c1ccc(OCC3CO3)cc12. The van der Waals surface area contributed by atoms with E-state index >= 15 is 0 Å². The Morgan fingerprint density at radius 2 is 1.94 bits per heavy atom. The Labute approximate surface area is 104 Å². The first-order chi connectivity index (χ1) is 8.90. The van der Waals surface area contributed by atoms with Gasteiger partial charge in [-0.15, -0.1) is 0 Å². The highest BCUT2D eigenvalue weighted by Gasteiger charge is 2.23. The Kier molecular flexibility index (Phi) is 2.08. The molecule has 1 aliphatic rings. The van der Waals surface area contributed by atoms with E-state index in [2.05, 4.69) is 35.3 Å². The van der Waals surface area contributed by atoms with Crippen molar-refractivity contribution in [3.8, 4) is 5.75 Å². The maximum absolute atomic E-state index is 5.72. The zero-order chi connectivity index (χ0) is 11.9. The van der Waals surface area contributed by atoms with Crippen LogP contribution in [-0.4, -0.2) is 24.3 Å². The van der Waals surface area contributed by atoms with E-state index in [0.29, 0.717) is 12.7 Å². The molecule has 0 amide bonds. The summed E-state index contributed by atoms with van der Waals surface area (Å²) < 4.78 is 10.9. The molecule has 0 bridgehead atoms. The topological polar surface area (TPSA) is 37.5 Å². The van der Waals surface area contributed by atoms with E-state index in [1.54, 1.807) is 0 Å². The third-order valence-corrected chi connectivity index (χ3v) is 3.32. The van der Waals surface area contributed by atoms with E-state index in [1.165, 1.54) is 10.8 Å². The van der Waals surface area contributed by atoms with Gasteiger partial charge in [0, 0.05) is 21.8 Å². The maximum atomic E-state index is 5.72. The summed E-state index contributed by atoms with van der Waals surface area (Å²) in [7, 11) is 0. The fourth-order valence-electron chi connectivity index (χ4n) is 2.27. The summed E-state index contributed by atoms with van der Waals surface area (Å²) in [6, 6.07) is 14.5. The number of para-hydroxylation sites is 1. The summed E-state index contributed by atoms with van der Waals surface area (Å²) in [6.45, 7) is 1.48. The molecule has 0 spiro atoms. The van der Waals surface area contributed by atoms with E-state index in [0.717, 1.165) is 23.4 Å². The number of nitrogens with one attached hydrogen (secondary N) is 1. The van der Waals surface area contributed by atoms with Crippen LogP contribution >= 0.6 is 0 Å². The minimum absolute atomic E-state index is 0.295. The lowest BCUT2D eigenvalue weighted by Crippen LogP contribution is -2.03. The number of benzene rings is 2. The molecule has 3 heteroatoms. The highest BCUT2D eigenvalue weighted by molar-refractivity contribution is 6.07. The average Bonchev–Trinajstić information content (AvgIpc) is 3.16. The molecule has 1 N–H and O–H groups in total. The van der Waals surface area contributed by atoms with Gasteiger partial charge in [0.25, 0.3) is 0 Å². The molecule has 1 unspecified atom stereocenters. The molecule has 0 saturated carbocycles. The van der Waals surface area contributed by atoms with Crippen LogP contribution in [0.4, 0.5) is 0 Å². The number of aromatic amines is 1. The van der Waals surface area contributed by atoms with Crippen molar-refractivity contribution in [2.75, 3.05) is 13.2 Å². The molecule has 1 saturated heterocycles. The minimum atomic E-state index is 0.295. The Bertz CT molecular complexity index is 713. The van der Waals surface area contributed by atoms with Crippen LogP contribution < -0.4 is 4.74 Å². The second kappa shape index (κ2) is 3.75. The molecule has 0 radical (unpaired) electrons. The maximum Gasteiger partial charge on any atom is 0.120 e. The average molecular weight is 239 g/mol. The summed E-state index contributed by atoms with van der Waals surface area (Å²) in [4.78, 5) is 3.40. The van der Waals surface area contributed by atoms with Gasteiger partial charge in [0.15, 0.2) is 0 Å². The van der Waals surface area contributed by atoms with E-state index in [1.807, 2.05) is 12.1 Å². The predicted octanol–water partition coefficient (Wildman–Crippen LogP) is 3.10. The van der Waals surface area contributed by atoms with Crippen LogP contribution in [0.5, 0.6) is 5.75 Å². The second-order valence-corrected chi connectivity index (χ2v) is 4.64. The Hall–Kier alpha value is -2.00. The fourth-order valence-corrected chi connectivity index (χ4v) is 2.27. The lowest BCUT2D eigenvalue weighted by atomic mass is 10.1. The molecule has 0 aliphatic carbocycles. The van der Waals surface area contributed by atoms with Crippen molar-refractivity contribution in [2.45, 2.75) is 6.10 Å². The van der Waals surface area contributed by atoms with E-state index in [4.69, 9.17) is 9.47 Å². The molecule has 3 aromatic rings. The second-order valence-electron chi connectivity index (χ2n) is 4.64. The molecule has 18 heavy (non-hydrogen) atoms. The number of rotatable bonds is 3. The van der Waals surface area contributed by atoms with Gasteiger partial charge in [0.1, 0.15) is 18.5 Å². The molecule has 1 fully saturated rings. The minimum Gasteiger partial charge on any atom is -0.491 e. The van der Waals surface area contributed by atoms with Gasteiger partial charge < -0.3 is 14.5 Å². The van der Waals surface area contributed by atoms with Crippen LogP contribution in [-0.2, 0) is 4.74 Å². The summed E-state index contributed by atoms with van der Waals surface area (Å²) in [6.07, 6.45) is 0.295. The summed E-state index contributed by atoms with van der Waals surface area (Å²) >= 11 is 0. The Morgan fingerprint density at radius 3 is 2.83 bits per heavy atom. The third kappa shape index (κ3) is 1.64. The first kappa shape index (κ1) is 9.97. The molecule has 3 nitrogen and oxygen atoms in total. The molecule has 1 aliphatic heterocycles. The van der Waals surface area contributed by atoms with Gasteiger partial charge in [0.2, 0.25) is 0 Å². The van der Waals surface area contributed by atoms with E-state index in [-0.39, 0.29) is 0 Å². The summed E-state index contributed by atoms with van der Waals surface area (Å²) in [5.41, 5.74) is 2.31. The van der Waals surface area contributed by atoms with E-state index < -0.39 is 0 Å². The molecule has 2 aromatic carbocycles. The predicted molar refractivity (Wildman–Crippen MR) is 71.0 cm³/mol. The largest absolute Gasteiger partial charge is 0.491 e. The monoisotopic (exact) mass is 239 g/mol. The van der Waals surface area contributed by atoms with Crippen LogP contribution in [0, 0.1) is 0 Å². The highest BCUT2D eigenvalue weighted by Crippen LogP contribution is 2.28. The number of epoxide rings is 1. The fraction of sp³-hybridized carbons (Fsp3) is 0.200. The van der Waals surface area contributed by atoms with Gasteiger partial charge in [-0.25, -0.2) is 0 Å². The highest BCUT2D eigenvalue weighted by atomic mass is 16.6. The Morgan fingerprint density at radius 1 is 1.11 bits per heavy atom. The first-order valence-corrected chi connectivity index (χ1v) is 6.15. The molecular formula is C15H13NO2. The molecular weight excluding hydrogens is 226 g/mol. The van der Waals surface area contributed by atoms with Crippen LogP contribution in [0.1, 0.15) is 0 Å². The van der Waals surface area contributed by atoms with Gasteiger partial charge in [-0.2, -0.15) is 0 Å². The van der Waals surface area contributed by atoms with Crippen LogP contribution in [0.15, 0.2) is 42.5 Å². The van der Waals surface area contributed by atoms with Crippen molar-refractivity contribution in [3.05, 3.63) is 42.5 Å².